The highest BCUT2D eigenvalue weighted by molar-refractivity contribution is 5.34. The maximum Gasteiger partial charge on any atom is 0.0757 e. The molecule has 3 unspecified atom stereocenters. The highest BCUT2D eigenvalue weighted by Gasteiger charge is 2.59. The zero-order chi connectivity index (χ0) is 18.8. The first-order valence-electron chi connectivity index (χ1n) is 11.4. The predicted molar refractivity (Wildman–Crippen MR) is 108 cm³/mol. The summed E-state index contributed by atoms with van der Waals surface area (Å²) >= 11 is 0. The van der Waals surface area contributed by atoms with E-state index in [1.165, 1.54) is 37.7 Å². The number of hydrogen-bond acceptors (Lipinski definition) is 3. The van der Waals surface area contributed by atoms with Crippen molar-refractivity contribution in [3.05, 3.63) is 23.3 Å². The third-order valence-corrected chi connectivity index (χ3v) is 9.43. The van der Waals surface area contributed by atoms with Crippen LogP contribution in [0.1, 0.15) is 71.6 Å². The van der Waals surface area contributed by atoms with Gasteiger partial charge in [0.2, 0.25) is 0 Å². The second kappa shape index (κ2) is 6.43. The molecule has 4 aliphatic carbocycles. The van der Waals surface area contributed by atoms with Crippen LogP contribution in [-0.2, 0) is 0 Å². The second-order valence-electron chi connectivity index (χ2n) is 10.6. The van der Waals surface area contributed by atoms with Gasteiger partial charge in [-0.15, -0.1) is 0 Å². The summed E-state index contributed by atoms with van der Waals surface area (Å²) in [6.07, 6.45) is 14.5. The summed E-state index contributed by atoms with van der Waals surface area (Å²) in [5.41, 5.74) is 3.46. The smallest absolute Gasteiger partial charge is 0.0757 e. The van der Waals surface area contributed by atoms with Crippen LogP contribution < -0.4 is 5.32 Å². The van der Waals surface area contributed by atoms with Gasteiger partial charge < -0.3 is 15.5 Å². The summed E-state index contributed by atoms with van der Waals surface area (Å²) in [6.45, 7) is 6.09. The summed E-state index contributed by atoms with van der Waals surface area (Å²) in [5, 5.41) is 25.2. The van der Waals surface area contributed by atoms with Gasteiger partial charge in [0.25, 0.3) is 0 Å². The molecule has 1 aliphatic heterocycles. The molecular formula is C24H37NO2. The second-order valence-corrected chi connectivity index (χ2v) is 10.6. The largest absolute Gasteiger partial charge is 0.393 e. The Morgan fingerprint density at radius 1 is 1.00 bits per heavy atom. The number of piperidine rings is 1. The van der Waals surface area contributed by atoms with Crippen LogP contribution in [0.15, 0.2) is 23.3 Å². The number of nitrogens with one attached hydrogen (secondary N) is 1. The number of fused-ring (bicyclic) bond motifs is 5. The van der Waals surface area contributed by atoms with Gasteiger partial charge >= 0.3 is 0 Å². The first kappa shape index (κ1) is 18.4. The van der Waals surface area contributed by atoms with Crippen molar-refractivity contribution in [2.45, 2.75) is 89.9 Å². The van der Waals surface area contributed by atoms with E-state index in [9.17, 15) is 10.2 Å². The Hall–Kier alpha value is -0.640. The van der Waals surface area contributed by atoms with Crippen LogP contribution in [0.2, 0.25) is 0 Å². The molecule has 0 radical (unpaired) electrons. The first-order chi connectivity index (χ1) is 12.9. The molecule has 0 bridgehead atoms. The van der Waals surface area contributed by atoms with E-state index in [2.05, 4.69) is 31.3 Å². The Morgan fingerprint density at radius 3 is 2.59 bits per heavy atom. The van der Waals surface area contributed by atoms with Gasteiger partial charge in [0.05, 0.1) is 12.2 Å². The van der Waals surface area contributed by atoms with Crippen molar-refractivity contribution in [3.8, 4) is 0 Å². The minimum absolute atomic E-state index is 0.191. The highest BCUT2D eigenvalue weighted by Crippen LogP contribution is 2.65. The Morgan fingerprint density at radius 2 is 1.81 bits per heavy atom. The van der Waals surface area contributed by atoms with E-state index in [0.717, 1.165) is 32.2 Å². The zero-order valence-electron chi connectivity index (χ0n) is 17.1. The fraction of sp³-hybridized carbons (Fsp3) is 0.833. The highest BCUT2D eigenvalue weighted by atomic mass is 16.3. The summed E-state index contributed by atoms with van der Waals surface area (Å²) in [7, 11) is 0. The minimum atomic E-state index is -0.333. The van der Waals surface area contributed by atoms with E-state index in [0.29, 0.717) is 23.8 Å². The fourth-order valence-electron chi connectivity index (χ4n) is 7.89. The van der Waals surface area contributed by atoms with E-state index in [4.69, 9.17) is 0 Å². The lowest BCUT2D eigenvalue weighted by Crippen LogP contribution is -2.55. The summed E-state index contributed by atoms with van der Waals surface area (Å²) < 4.78 is 0. The molecule has 3 fully saturated rings. The van der Waals surface area contributed by atoms with Crippen LogP contribution in [0.4, 0.5) is 0 Å². The summed E-state index contributed by atoms with van der Waals surface area (Å²) in [4.78, 5) is 0. The molecule has 1 heterocycles. The number of hydrogen-bond donors (Lipinski definition) is 3. The molecule has 5 aliphatic rings. The van der Waals surface area contributed by atoms with Crippen LogP contribution in [0.3, 0.4) is 0 Å². The van der Waals surface area contributed by atoms with Crippen molar-refractivity contribution < 1.29 is 10.2 Å². The maximum absolute atomic E-state index is 11.2. The number of rotatable bonds is 1. The molecule has 27 heavy (non-hydrogen) atoms. The number of allylic oxidation sites excluding steroid dienone is 1. The van der Waals surface area contributed by atoms with Gasteiger partial charge in [-0.1, -0.05) is 43.6 Å². The van der Waals surface area contributed by atoms with Crippen molar-refractivity contribution in [3.63, 3.8) is 0 Å². The predicted octanol–water partition coefficient (Wildman–Crippen LogP) is 3.96. The van der Waals surface area contributed by atoms with E-state index in [-0.39, 0.29) is 23.0 Å². The van der Waals surface area contributed by atoms with Gasteiger partial charge in [0.15, 0.2) is 0 Å². The standard InChI is InChI=1S/C24H37NO2/c1-23-10-8-16(26)13-15(23)14-21(27)22-18-7-6-17(20-5-3-4-12-25-20)24(18,2)11-9-19(22)23/h6,14,16,18-22,25-27H,3-5,7-13H2,1-2H3/t16?,18-,19+,20?,21?,22-,23-,24+/m0/s1. The van der Waals surface area contributed by atoms with Crippen LogP contribution in [0.5, 0.6) is 0 Å². The molecule has 5 rings (SSSR count). The molecule has 150 valence electrons. The summed E-state index contributed by atoms with van der Waals surface area (Å²) in [6, 6.07) is 0.567. The average molecular weight is 372 g/mol. The molecule has 1 saturated heterocycles. The molecular weight excluding hydrogens is 334 g/mol. The Bertz CT molecular complexity index is 663. The molecule has 0 aromatic rings. The Kier molecular flexibility index (Phi) is 4.38. The third kappa shape index (κ3) is 2.64. The summed E-state index contributed by atoms with van der Waals surface area (Å²) in [5.74, 6) is 1.53. The maximum atomic E-state index is 11.2. The third-order valence-electron chi connectivity index (χ3n) is 9.43. The lowest BCUT2D eigenvalue weighted by Gasteiger charge is -2.59. The minimum Gasteiger partial charge on any atom is -0.393 e. The van der Waals surface area contributed by atoms with Gasteiger partial charge in [0.1, 0.15) is 0 Å². The fourth-order valence-corrected chi connectivity index (χ4v) is 7.89. The molecule has 0 spiro atoms. The first-order valence-corrected chi connectivity index (χ1v) is 11.4. The van der Waals surface area contributed by atoms with Crippen molar-refractivity contribution in [2.75, 3.05) is 6.54 Å². The lowest BCUT2D eigenvalue weighted by molar-refractivity contribution is -0.0787. The monoisotopic (exact) mass is 371 g/mol. The van der Waals surface area contributed by atoms with Crippen LogP contribution in [-0.4, -0.2) is 35.0 Å². The quantitative estimate of drug-likeness (QED) is 0.612. The molecule has 3 nitrogen and oxygen atoms in total. The van der Waals surface area contributed by atoms with Gasteiger partial charge in [-0.2, -0.15) is 0 Å². The van der Waals surface area contributed by atoms with E-state index in [1.54, 1.807) is 5.57 Å². The van der Waals surface area contributed by atoms with E-state index >= 15 is 0 Å². The number of aliphatic hydroxyl groups is 2. The van der Waals surface area contributed by atoms with Gasteiger partial charge in [0, 0.05) is 6.04 Å². The van der Waals surface area contributed by atoms with Crippen molar-refractivity contribution in [2.24, 2.45) is 28.6 Å². The van der Waals surface area contributed by atoms with Crippen molar-refractivity contribution in [1.82, 2.24) is 5.32 Å². The average Bonchev–Trinajstić information content (AvgIpc) is 3.01. The van der Waals surface area contributed by atoms with Gasteiger partial charge in [-0.3, -0.25) is 0 Å². The van der Waals surface area contributed by atoms with E-state index in [1.807, 2.05) is 0 Å². The molecule has 2 saturated carbocycles. The van der Waals surface area contributed by atoms with Crippen LogP contribution >= 0.6 is 0 Å². The lowest BCUT2D eigenvalue weighted by atomic mass is 9.46. The molecule has 3 N–H and O–H groups in total. The molecule has 0 aromatic carbocycles. The van der Waals surface area contributed by atoms with E-state index < -0.39 is 0 Å². The molecule has 0 aromatic heterocycles. The SMILES string of the molecule is C[C@]12CCC(O)CC1=CC(O)[C@@H]1[C@H]2CC[C@]2(C)C(C3CCCCN3)=CC[C@@H]12. The Balaban J connectivity index is 1.46. The van der Waals surface area contributed by atoms with Crippen molar-refractivity contribution in [1.29, 1.82) is 0 Å². The normalized spacial score (nSPS) is 52.3. The van der Waals surface area contributed by atoms with Crippen molar-refractivity contribution >= 4 is 0 Å². The van der Waals surface area contributed by atoms with Gasteiger partial charge in [-0.05, 0) is 86.5 Å². The van der Waals surface area contributed by atoms with Crippen LogP contribution in [0.25, 0.3) is 0 Å². The number of aliphatic hydroxyl groups excluding tert-OH is 2. The Labute approximate surface area is 164 Å². The van der Waals surface area contributed by atoms with Gasteiger partial charge in [-0.25, -0.2) is 0 Å². The zero-order valence-corrected chi connectivity index (χ0v) is 17.1. The molecule has 3 heteroatoms. The molecule has 8 atom stereocenters. The van der Waals surface area contributed by atoms with Crippen LogP contribution in [0, 0.1) is 28.6 Å². The molecule has 0 amide bonds. The topological polar surface area (TPSA) is 52.5 Å².